The summed E-state index contributed by atoms with van der Waals surface area (Å²) in [5, 5.41) is 9.24. The van der Waals surface area contributed by atoms with Crippen LogP contribution >= 0.6 is 11.6 Å². The molecule has 0 aliphatic heterocycles. The molecule has 0 aromatic heterocycles. The minimum Gasteiger partial charge on any atom is -0.504 e. The van der Waals surface area contributed by atoms with Crippen molar-refractivity contribution in [3.8, 4) is 11.5 Å². The fraction of sp³-hybridized carbons (Fsp3) is 0.250. The number of para-hydroxylation sites is 1. The molecule has 0 fully saturated rings. The van der Waals surface area contributed by atoms with Crippen LogP contribution in [0.1, 0.15) is 5.56 Å². The first kappa shape index (κ1) is 11.0. The normalized spacial score (nSPS) is 11.4. The molecule has 1 N–H and O–H groups in total. The van der Waals surface area contributed by atoms with E-state index in [1.807, 2.05) is 0 Å². The first-order chi connectivity index (χ1) is 6.44. The average molecular weight is 227 g/mol. The Balaban J connectivity index is 2.98. The van der Waals surface area contributed by atoms with Gasteiger partial charge in [0.2, 0.25) is 0 Å². The maximum atomic E-state index is 11.8. The SMILES string of the molecule is Oc1c(CCl)cccc1OC(F)(F)F. The smallest absolute Gasteiger partial charge is 0.504 e. The van der Waals surface area contributed by atoms with Crippen LogP contribution < -0.4 is 4.74 Å². The monoisotopic (exact) mass is 226 g/mol. The van der Waals surface area contributed by atoms with Crippen molar-refractivity contribution in [3.63, 3.8) is 0 Å². The zero-order chi connectivity index (χ0) is 10.8. The molecule has 1 aromatic rings. The first-order valence-electron chi connectivity index (χ1n) is 3.56. The van der Waals surface area contributed by atoms with Crippen LogP contribution in [0.2, 0.25) is 0 Å². The number of phenols is 1. The maximum Gasteiger partial charge on any atom is 0.573 e. The Morgan fingerprint density at radius 2 is 2.00 bits per heavy atom. The summed E-state index contributed by atoms with van der Waals surface area (Å²) in [5.41, 5.74) is 0.188. The van der Waals surface area contributed by atoms with Crippen LogP contribution in [0.15, 0.2) is 18.2 Å². The number of phenolic OH excluding ortho intramolecular Hbond substituents is 1. The molecule has 2 nitrogen and oxygen atoms in total. The molecular formula is C8H6ClF3O2. The summed E-state index contributed by atoms with van der Waals surface area (Å²) in [6.45, 7) is 0. The van der Waals surface area contributed by atoms with Crippen LogP contribution in [0.25, 0.3) is 0 Å². The number of rotatable bonds is 2. The van der Waals surface area contributed by atoms with Crippen LogP contribution in [-0.2, 0) is 5.88 Å². The van der Waals surface area contributed by atoms with Gasteiger partial charge in [0, 0.05) is 5.56 Å². The van der Waals surface area contributed by atoms with E-state index in [2.05, 4.69) is 4.74 Å². The molecule has 0 radical (unpaired) electrons. The van der Waals surface area contributed by atoms with E-state index in [1.165, 1.54) is 12.1 Å². The topological polar surface area (TPSA) is 29.5 Å². The van der Waals surface area contributed by atoms with Crippen LogP contribution in [0.4, 0.5) is 13.2 Å². The van der Waals surface area contributed by atoms with Crippen molar-refractivity contribution in [2.75, 3.05) is 0 Å². The molecule has 0 aliphatic carbocycles. The van der Waals surface area contributed by atoms with Gasteiger partial charge < -0.3 is 9.84 Å². The van der Waals surface area contributed by atoms with E-state index in [4.69, 9.17) is 11.6 Å². The Bertz CT molecular complexity index is 325. The summed E-state index contributed by atoms with van der Waals surface area (Å²) in [6, 6.07) is 3.74. The van der Waals surface area contributed by atoms with E-state index in [9.17, 15) is 18.3 Å². The number of aromatic hydroxyl groups is 1. The molecule has 0 unspecified atom stereocenters. The van der Waals surface area contributed by atoms with Gasteiger partial charge in [-0.25, -0.2) is 0 Å². The largest absolute Gasteiger partial charge is 0.573 e. The second-order valence-corrected chi connectivity index (χ2v) is 2.71. The van der Waals surface area contributed by atoms with E-state index in [0.29, 0.717) is 0 Å². The summed E-state index contributed by atoms with van der Waals surface area (Å²) in [6.07, 6.45) is -4.82. The van der Waals surface area contributed by atoms with Crippen molar-refractivity contribution in [1.29, 1.82) is 0 Å². The highest BCUT2D eigenvalue weighted by Crippen LogP contribution is 2.34. The van der Waals surface area contributed by atoms with E-state index in [0.717, 1.165) is 6.07 Å². The summed E-state index contributed by atoms with van der Waals surface area (Å²) in [4.78, 5) is 0. The summed E-state index contributed by atoms with van der Waals surface area (Å²) in [7, 11) is 0. The molecule has 14 heavy (non-hydrogen) atoms. The van der Waals surface area contributed by atoms with E-state index < -0.39 is 17.9 Å². The predicted molar refractivity (Wildman–Crippen MR) is 44.3 cm³/mol. The zero-order valence-electron chi connectivity index (χ0n) is 6.81. The third-order valence-corrected chi connectivity index (χ3v) is 1.74. The molecule has 6 heteroatoms. The molecule has 0 heterocycles. The highest BCUT2D eigenvalue weighted by atomic mass is 35.5. The van der Waals surface area contributed by atoms with Gasteiger partial charge in [-0.15, -0.1) is 24.8 Å². The standard InChI is InChI=1S/C8H6ClF3O2/c9-4-5-2-1-3-6(7(5)13)14-8(10,11)12/h1-3,13H,4H2. The third-order valence-electron chi connectivity index (χ3n) is 1.45. The number of hydrogen-bond donors (Lipinski definition) is 1. The summed E-state index contributed by atoms with van der Waals surface area (Å²) in [5.74, 6) is -1.31. The molecule has 0 bridgehead atoms. The zero-order valence-corrected chi connectivity index (χ0v) is 7.56. The Morgan fingerprint density at radius 3 is 2.50 bits per heavy atom. The van der Waals surface area contributed by atoms with E-state index in [-0.39, 0.29) is 11.4 Å². The lowest BCUT2D eigenvalue weighted by molar-refractivity contribution is -0.275. The number of ether oxygens (including phenoxy) is 1. The highest BCUT2D eigenvalue weighted by molar-refractivity contribution is 6.17. The van der Waals surface area contributed by atoms with Crippen molar-refractivity contribution >= 4 is 11.6 Å². The Labute approximate surface area is 82.9 Å². The van der Waals surface area contributed by atoms with Crippen molar-refractivity contribution in [2.45, 2.75) is 12.2 Å². The van der Waals surface area contributed by atoms with Crippen molar-refractivity contribution in [1.82, 2.24) is 0 Å². The predicted octanol–water partition coefficient (Wildman–Crippen LogP) is 3.03. The van der Waals surface area contributed by atoms with E-state index in [1.54, 1.807) is 0 Å². The van der Waals surface area contributed by atoms with Crippen LogP contribution in [0.5, 0.6) is 11.5 Å². The van der Waals surface area contributed by atoms with Crippen LogP contribution in [0, 0.1) is 0 Å². The molecule has 1 rings (SSSR count). The molecule has 78 valence electrons. The molecular weight excluding hydrogens is 221 g/mol. The fourth-order valence-corrected chi connectivity index (χ4v) is 1.10. The number of halogens is 4. The van der Waals surface area contributed by atoms with Gasteiger partial charge in [0.05, 0.1) is 5.88 Å². The lowest BCUT2D eigenvalue weighted by Gasteiger charge is -2.11. The van der Waals surface area contributed by atoms with Gasteiger partial charge in [0.15, 0.2) is 11.5 Å². The van der Waals surface area contributed by atoms with Crippen molar-refractivity contribution in [3.05, 3.63) is 23.8 Å². The summed E-state index contributed by atoms with van der Waals surface area (Å²) < 4.78 is 38.9. The van der Waals surface area contributed by atoms with Gasteiger partial charge in [0.1, 0.15) is 0 Å². The van der Waals surface area contributed by atoms with Gasteiger partial charge in [-0.2, -0.15) is 0 Å². The Hall–Kier alpha value is -1.10. The molecule has 0 spiro atoms. The van der Waals surface area contributed by atoms with E-state index >= 15 is 0 Å². The van der Waals surface area contributed by atoms with Crippen molar-refractivity contribution in [2.24, 2.45) is 0 Å². The highest BCUT2D eigenvalue weighted by Gasteiger charge is 2.32. The molecule has 0 saturated carbocycles. The van der Waals surface area contributed by atoms with Gasteiger partial charge >= 0.3 is 6.36 Å². The average Bonchev–Trinajstić information content (AvgIpc) is 2.06. The fourth-order valence-electron chi connectivity index (χ4n) is 0.883. The lowest BCUT2D eigenvalue weighted by atomic mass is 10.2. The van der Waals surface area contributed by atoms with Crippen LogP contribution in [0.3, 0.4) is 0 Å². The number of alkyl halides is 4. The molecule has 0 aliphatic rings. The molecule has 0 atom stereocenters. The summed E-state index contributed by atoms with van der Waals surface area (Å²) >= 11 is 5.38. The Morgan fingerprint density at radius 1 is 1.36 bits per heavy atom. The van der Waals surface area contributed by atoms with Gasteiger partial charge in [-0.05, 0) is 6.07 Å². The third kappa shape index (κ3) is 2.70. The first-order valence-corrected chi connectivity index (χ1v) is 4.10. The number of benzene rings is 1. The molecule has 0 saturated heterocycles. The second-order valence-electron chi connectivity index (χ2n) is 2.45. The lowest BCUT2D eigenvalue weighted by Crippen LogP contribution is -2.17. The van der Waals surface area contributed by atoms with Gasteiger partial charge in [0.25, 0.3) is 0 Å². The minimum absolute atomic E-state index is 0.0824. The Kier molecular flexibility index (Phi) is 3.10. The van der Waals surface area contributed by atoms with Crippen LogP contribution in [-0.4, -0.2) is 11.5 Å². The molecule has 1 aromatic carbocycles. The quantitative estimate of drug-likeness (QED) is 0.786. The molecule has 0 amide bonds. The van der Waals surface area contributed by atoms with Gasteiger partial charge in [-0.1, -0.05) is 12.1 Å². The maximum absolute atomic E-state index is 11.8. The second kappa shape index (κ2) is 3.96. The van der Waals surface area contributed by atoms with Gasteiger partial charge in [-0.3, -0.25) is 0 Å². The minimum atomic E-state index is -4.82. The number of hydrogen-bond acceptors (Lipinski definition) is 2. The van der Waals surface area contributed by atoms with Crippen molar-refractivity contribution < 1.29 is 23.0 Å².